The van der Waals surface area contributed by atoms with Crippen molar-refractivity contribution in [2.75, 3.05) is 11.9 Å². The predicted molar refractivity (Wildman–Crippen MR) is 118 cm³/mol. The Bertz CT molecular complexity index is 1090. The maximum Gasteiger partial charge on any atom is 0.269 e. The fourth-order valence-electron chi connectivity index (χ4n) is 3.82. The van der Waals surface area contributed by atoms with Gasteiger partial charge in [0.25, 0.3) is 5.69 Å². The van der Waals surface area contributed by atoms with Crippen molar-refractivity contribution >= 4 is 28.7 Å². The van der Waals surface area contributed by atoms with E-state index in [1.165, 1.54) is 6.07 Å². The van der Waals surface area contributed by atoms with Crippen LogP contribution < -0.4 is 5.32 Å². The Hall–Kier alpha value is -3.19. The summed E-state index contributed by atoms with van der Waals surface area (Å²) in [7, 11) is 0. The van der Waals surface area contributed by atoms with Gasteiger partial charge in [-0.15, -0.1) is 0 Å². The average Bonchev–Trinajstić information content (AvgIpc) is 3.18. The molecule has 148 valence electrons. The molecule has 0 unspecified atom stereocenters. The normalized spacial score (nSPS) is 15.7. The van der Waals surface area contributed by atoms with Crippen molar-refractivity contribution in [1.82, 2.24) is 9.47 Å². The number of aromatic nitrogens is 1. The Balaban J connectivity index is 1.72. The Morgan fingerprint density at radius 1 is 1.14 bits per heavy atom. The van der Waals surface area contributed by atoms with Crippen LogP contribution in [0.4, 0.5) is 11.4 Å². The van der Waals surface area contributed by atoms with E-state index in [1.807, 2.05) is 32.2 Å². The van der Waals surface area contributed by atoms with Gasteiger partial charge in [-0.25, -0.2) is 0 Å². The van der Waals surface area contributed by atoms with E-state index in [2.05, 4.69) is 39.0 Å². The zero-order valence-electron chi connectivity index (χ0n) is 16.3. The van der Waals surface area contributed by atoms with E-state index in [1.54, 1.807) is 12.1 Å². The predicted octanol–water partition coefficient (Wildman–Crippen LogP) is 4.82. The Morgan fingerprint density at radius 2 is 1.97 bits per heavy atom. The molecule has 0 radical (unpaired) electrons. The molecule has 6 nitrogen and oxygen atoms in total. The van der Waals surface area contributed by atoms with Crippen LogP contribution in [0.25, 0.3) is 0 Å². The van der Waals surface area contributed by atoms with Crippen LogP contribution in [0.5, 0.6) is 0 Å². The lowest BCUT2D eigenvalue weighted by molar-refractivity contribution is -0.384. The van der Waals surface area contributed by atoms with Gasteiger partial charge in [0.15, 0.2) is 5.11 Å². The lowest BCUT2D eigenvalue weighted by Gasteiger charge is -2.39. The topological polar surface area (TPSA) is 63.3 Å². The summed E-state index contributed by atoms with van der Waals surface area (Å²) in [6.45, 7) is 5.62. The van der Waals surface area contributed by atoms with E-state index in [0.29, 0.717) is 11.7 Å². The van der Waals surface area contributed by atoms with Crippen LogP contribution in [0, 0.1) is 24.0 Å². The van der Waals surface area contributed by atoms with E-state index in [4.69, 9.17) is 12.2 Å². The summed E-state index contributed by atoms with van der Waals surface area (Å²) in [5.74, 6) is 0. The van der Waals surface area contributed by atoms with Crippen molar-refractivity contribution in [1.29, 1.82) is 0 Å². The number of nitrogens with one attached hydrogen (secondary N) is 1. The maximum atomic E-state index is 11.3. The van der Waals surface area contributed by atoms with E-state index >= 15 is 0 Å². The van der Waals surface area contributed by atoms with Gasteiger partial charge in [0, 0.05) is 42.8 Å². The highest BCUT2D eigenvalue weighted by molar-refractivity contribution is 7.80. The molecule has 0 saturated carbocycles. The molecule has 1 atom stereocenters. The third-order valence-corrected chi connectivity index (χ3v) is 5.67. The number of thiocarbonyl (C=S) groups is 1. The molecule has 0 aliphatic carbocycles. The summed E-state index contributed by atoms with van der Waals surface area (Å²) in [5, 5.41) is 15.3. The van der Waals surface area contributed by atoms with Gasteiger partial charge in [-0.1, -0.05) is 24.3 Å². The lowest BCUT2D eigenvalue weighted by Crippen LogP contribution is -2.44. The van der Waals surface area contributed by atoms with E-state index in [-0.39, 0.29) is 16.7 Å². The van der Waals surface area contributed by atoms with Gasteiger partial charge in [0.05, 0.1) is 11.0 Å². The number of hydrogen-bond acceptors (Lipinski definition) is 3. The first-order valence-electron chi connectivity index (χ1n) is 9.48. The number of anilines is 1. The molecule has 0 amide bonds. The summed E-state index contributed by atoms with van der Waals surface area (Å²) in [6.07, 6.45) is 2.04. The zero-order chi connectivity index (χ0) is 20.5. The van der Waals surface area contributed by atoms with Crippen molar-refractivity contribution in [2.45, 2.75) is 26.4 Å². The van der Waals surface area contributed by atoms with Gasteiger partial charge < -0.3 is 14.8 Å². The Morgan fingerprint density at radius 3 is 2.76 bits per heavy atom. The van der Waals surface area contributed by atoms with Gasteiger partial charge >= 0.3 is 0 Å². The molecule has 0 bridgehead atoms. The fourth-order valence-corrected chi connectivity index (χ4v) is 4.13. The summed E-state index contributed by atoms with van der Waals surface area (Å²) >= 11 is 5.80. The number of benzene rings is 2. The summed E-state index contributed by atoms with van der Waals surface area (Å²) < 4.78 is 2.18. The Labute approximate surface area is 174 Å². The van der Waals surface area contributed by atoms with Crippen LogP contribution in [0.3, 0.4) is 0 Å². The second-order valence-electron chi connectivity index (χ2n) is 7.32. The summed E-state index contributed by atoms with van der Waals surface area (Å²) in [5.41, 5.74) is 5.26. The highest BCUT2D eigenvalue weighted by Gasteiger charge is 2.31. The van der Waals surface area contributed by atoms with Crippen molar-refractivity contribution in [2.24, 2.45) is 0 Å². The summed E-state index contributed by atoms with van der Waals surface area (Å²) in [4.78, 5) is 13.1. The third-order valence-electron chi connectivity index (χ3n) is 5.33. The number of aryl methyl sites for hydroxylation is 2. The molecule has 2 aromatic carbocycles. The van der Waals surface area contributed by atoms with Crippen LogP contribution in [-0.2, 0) is 6.54 Å². The number of rotatable bonds is 3. The largest absolute Gasteiger partial charge is 0.348 e. The first kappa shape index (κ1) is 19.1. The van der Waals surface area contributed by atoms with Crippen LogP contribution in [0.2, 0.25) is 0 Å². The monoisotopic (exact) mass is 406 g/mol. The van der Waals surface area contributed by atoms with Gasteiger partial charge in [-0.05, 0) is 61.0 Å². The average molecular weight is 407 g/mol. The molecular formula is C22H22N4O2S. The molecule has 1 aliphatic rings. The molecule has 7 heteroatoms. The molecule has 29 heavy (non-hydrogen) atoms. The minimum atomic E-state index is -0.359. The number of non-ortho nitro benzene ring substituents is 1. The first-order valence-corrected chi connectivity index (χ1v) is 9.89. The van der Waals surface area contributed by atoms with Crippen molar-refractivity contribution in [3.05, 3.63) is 93.3 Å². The molecule has 0 spiro atoms. The Kier molecular flexibility index (Phi) is 5.07. The van der Waals surface area contributed by atoms with Crippen LogP contribution in [0.15, 0.2) is 60.8 Å². The van der Waals surface area contributed by atoms with Crippen LogP contribution >= 0.6 is 12.2 Å². The fraction of sp³-hybridized carbons (Fsp3) is 0.227. The second kappa shape index (κ2) is 7.67. The second-order valence-corrected chi connectivity index (χ2v) is 7.71. The van der Waals surface area contributed by atoms with Gasteiger partial charge in [-0.3, -0.25) is 10.1 Å². The summed E-state index contributed by atoms with van der Waals surface area (Å²) in [6, 6.07) is 16.9. The number of nitro benzene ring substituents is 1. The lowest BCUT2D eigenvalue weighted by atomic mass is 9.99. The standard InChI is InChI=1S/C22H22N4O2S/c1-15-8-9-16(2)19(13-15)23-22(29)25-12-11-24-10-4-7-20(24)21(25)17-5-3-6-18(14-17)26(27)28/h3-10,13-14,21H,11-12H2,1-2H3,(H,23,29)/t21-/m1/s1. The van der Waals surface area contributed by atoms with Crippen molar-refractivity contribution in [3.63, 3.8) is 0 Å². The minimum Gasteiger partial charge on any atom is -0.348 e. The van der Waals surface area contributed by atoms with Gasteiger partial charge in [0.2, 0.25) is 0 Å². The first-order chi connectivity index (χ1) is 13.9. The molecule has 3 aromatic rings. The van der Waals surface area contributed by atoms with Gasteiger partial charge in [0.1, 0.15) is 0 Å². The molecule has 0 saturated heterocycles. The van der Waals surface area contributed by atoms with Crippen LogP contribution in [-0.4, -0.2) is 26.0 Å². The highest BCUT2D eigenvalue weighted by Crippen LogP contribution is 2.34. The van der Waals surface area contributed by atoms with Crippen molar-refractivity contribution in [3.8, 4) is 0 Å². The SMILES string of the molecule is Cc1ccc(C)c(NC(=S)N2CCn3cccc3[C@H]2c2cccc([N+](=O)[O-])c2)c1. The molecule has 0 fully saturated rings. The number of nitro groups is 1. The van der Waals surface area contributed by atoms with E-state index in [0.717, 1.165) is 34.6 Å². The maximum absolute atomic E-state index is 11.3. The highest BCUT2D eigenvalue weighted by atomic mass is 32.1. The number of fused-ring (bicyclic) bond motifs is 1. The van der Waals surface area contributed by atoms with Crippen LogP contribution in [0.1, 0.15) is 28.4 Å². The molecule has 1 N–H and O–H groups in total. The molecule has 4 rings (SSSR count). The van der Waals surface area contributed by atoms with Gasteiger partial charge in [-0.2, -0.15) is 0 Å². The smallest absolute Gasteiger partial charge is 0.269 e. The molecule has 2 heterocycles. The van der Waals surface area contributed by atoms with Crippen molar-refractivity contribution < 1.29 is 4.92 Å². The zero-order valence-corrected chi connectivity index (χ0v) is 17.1. The third kappa shape index (κ3) is 3.73. The molecule has 1 aliphatic heterocycles. The number of nitrogens with zero attached hydrogens (tertiary/aromatic N) is 3. The minimum absolute atomic E-state index is 0.0829. The molecule has 1 aromatic heterocycles. The number of hydrogen-bond donors (Lipinski definition) is 1. The van der Waals surface area contributed by atoms with E-state index in [9.17, 15) is 10.1 Å². The quantitative estimate of drug-likeness (QED) is 0.384. The molecular weight excluding hydrogens is 384 g/mol. The van der Waals surface area contributed by atoms with E-state index < -0.39 is 0 Å².